The van der Waals surface area contributed by atoms with Crippen LogP contribution in [0.25, 0.3) is 27.7 Å². The van der Waals surface area contributed by atoms with Gasteiger partial charge in [0.25, 0.3) is 0 Å². The van der Waals surface area contributed by atoms with E-state index in [4.69, 9.17) is 4.98 Å². The van der Waals surface area contributed by atoms with Crippen molar-refractivity contribution in [3.05, 3.63) is 47.9 Å². The second-order valence-corrected chi connectivity index (χ2v) is 7.66. The zero-order chi connectivity index (χ0) is 19.3. The Hall–Kier alpha value is -2.99. The van der Waals surface area contributed by atoms with Crippen LogP contribution >= 0.6 is 0 Å². The number of anilines is 1. The Morgan fingerprint density at radius 2 is 1.82 bits per heavy atom. The maximum atomic E-state index is 4.79. The van der Waals surface area contributed by atoms with Crippen molar-refractivity contribution in [2.24, 2.45) is 4.99 Å². The van der Waals surface area contributed by atoms with Gasteiger partial charge in [0.2, 0.25) is 5.95 Å². The minimum Gasteiger partial charge on any atom is -0.345 e. The molecule has 2 aliphatic heterocycles. The maximum absolute atomic E-state index is 4.79. The number of aromatic nitrogens is 3. The van der Waals surface area contributed by atoms with Crippen molar-refractivity contribution in [1.29, 1.82) is 0 Å². The first-order valence-corrected chi connectivity index (χ1v) is 9.75. The average molecular weight is 372 g/mol. The number of benzene rings is 1. The molecule has 6 nitrogen and oxygen atoms in total. The number of hydrogen-bond donors (Lipinski definition) is 1. The molecule has 0 saturated carbocycles. The van der Waals surface area contributed by atoms with E-state index >= 15 is 0 Å². The fraction of sp³-hybridized carbons (Fsp3) is 0.318. The number of nitrogens with zero attached hydrogens (tertiary/aromatic N) is 5. The minimum absolute atomic E-state index is 0.810. The van der Waals surface area contributed by atoms with Crippen molar-refractivity contribution in [3.8, 4) is 11.1 Å². The first-order valence-electron chi connectivity index (χ1n) is 9.75. The molecule has 0 radical (unpaired) electrons. The highest BCUT2D eigenvalue weighted by Crippen LogP contribution is 2.34. The van der Waals surface area contributed by atoms with E-state index in [2.05, 4.69) is 69.9 Å². The number of allylic oxidation sites excluding steroid dienone is 2. The molecule has 1 N–H and O–H groups in total. The minimum atomic E-state index is 0.810. The lowest BCUT2D eigenvalue weighted by Gasteiger charge is -2.32. The summed E-state index contributed by atoms with van der Waals surface area (Å²) < 4.78 is 0. The van der Waals surface area contributed by atoms with E-state index in [0.29, 0.717) is 0 Å². The number of likely N-dealkylation sites (N-methyl/N-ethyl adjacent to an activating group) is 1. The van der Waals surface area contributed by atoms with E-state index in [1.807, 2.05) is 12.4 Å². The van der Waals surface area contributed by atoms with Crippen molar-refractivity contribution < 1.29 is 0 Å². The summed E-state index contributed by atoms with van der Waals surface area (Å²) in [6, 6.07) is 8.63. The van der Waals surface area contributed by atoms with E-state index in [1.54, 1.807) is 0 Å². The third kappa shape index (κ3) is 2.81. The highest BCUT2D eigenvalue weighted by molar-refractivity contribution is 6.28. The van der Waals surface area contributed by atoms with Crippen molar-refractivity contribution >= 4 is 28.3 Å². The molecule has 0 spiro atoms. The molecule has 4 heterocycles. The van der Waals surface area contributed by atoms with Crippen molar-refractivity contribution in [1.82, 2.24) is 19.9 Å². The smallest absolute Gasteiger partial charge is 0.227 e. The fourth-order valence-corrected chi connectivity index (χ4v) is 4.13. The molecule has 1 saturated heterocycles. The summed E-state index contributed by atoms with van der Waals surface area (Å²) in [5.74, 6) is 0.810. The van der Waals surface area contributed by atoms with Gasteiger partial charge >= 0.3 is 0 Å². The Bertz CT molecular complexity index is 1120. The largest absolute Gasteiger partial charge is 0.345 e. The van der Waals surface area contributed by atoms with Crippen LogP contribution < -0.4 is 4.90 Å². The van der Waals surface area contributed by atoms with Gasteiger partial charge < -0.3 is 14.8 Å². The van der Waals surface area contributed by atoms with Gasteiger partial charge in [0.05, 0.1) is 0 Å². The molecule has 0 aliphatic carbocycles. The van der Waals surface area contributed by atoms with E-state index in [0.717, 1.165) is 60.1 Å². The SMILES string of the molecule is CC1=NC(C)=C1c1cccc(-c2c[nH]c3nc(N4CCN(C)CC4)ncc23)c1. The maximum Gasteiger partial charge on any atom is 0.227 e. The van der Waals surface area contributed by atoms with Crippen LogP contribution in [0, 0.1) is 0 Å². The van der Waals surface area contributed by atoms with Crippen LogP contribution in [0.1, 0.15) is 19.4 Å². The Kier molecular flexibility index (Phi) is 4.02. The van der Waals surface area contributed by atoms with E-state index in [-0.39, 0.29) is 0 Å². The fourth-order valence-electron chi connectivity index (χ4n) is 4.13. The quantitative estimate of drug-likeness (QED) is 0.763. The number of nitrogens with one attached hydrogen (secondary N) is 1. The molecule has 2 aliphatic rings. The summed E-state index contributed by atoms with van der Waals surface area (Å²) >= 11 is 0. The zero-order valence-corrected chi connectivity index (χ0v) is 16.5. The van der Waals surface area contributed by atoms with Gasteiger partial charge in [-0.1, -0.05) is 18.2 Å². The lowest BCUT2D eigenvalue weighted by Crippen LogP contribution is -2.45. The lowest BCUT2D eigenvalue weighted by molar-refractivity contribution is 0.311. The molecule has 6 heteroatoms. The number of aliphatic imine (C=N–C) groups is 1. The van der Waals surface area contributed by atoms with Gasteiger partial charge in [0.15, 0.2) is 0 Å². The number of piperazine rings is 1. The monoisotopic (exact) mass is 372 g/mol. The van der Waals surface area contributed by atoms with Crippen LogP contribution in [-0.2, 0) is 0 Å². The van der Waals surface area contributed by atoms with Crippen molar-refractivity contribution in [3.63, 3.8) is 0 Å². The normalized spacial score (nSPS) is 17.8. The molecule has 142 valence electrons. The molecule has 2 aromatic heterocycles. The molecule has 5 rings (SSSR count). The summed E-state index contributed by atoms with van der Waals surface area (Å²) in [7, 11) is 2.15. The number of fused-ring (bicyclic) bond motifs is 1. The summed E-state index contributed by atoms with van der Waals surface area (Å²) in [5.41, 5.74) is 7.87. The van der Waals surface area contributed by atoms with Crippen LogP contribution in [0.5, 0.6) is 0 Å². The van der Waals surface area contributed by atoms with Crippen molar-refractivity contribution in [2.45, 2.75) is 13.8 Å². The van der Waals surface area contributed by atoms with Gasteiger partial charge in [-0.2, -0.15) is 4.98 Å². The summed E-state index contributed by atoms with van der Waals surface area (Å²) in [6.45, 7) is 8.15. The average Bonchev–Trinajstić information content (AvgIpc) is 3.12. The van der Waals surface area contributed by atoms with Gasteiger partial charge in [-0.3, -0.25) is 4.99 Å². The lowest BCUT2D eigenvalue weighted by atomic mass is 9.93. The second kappa shape index (κ2) is 6.56. The molecule has 0 atom stereocenters. The Morgan fingerprint density at radius 1 is 1.04 bits per heavy atom. The topological polar surface area (TPSA) is 60.4 Å². The van der Waals surface area contributed by atoms with Crippen LogP contribution in [0.2, 0.25) is 0 Å². The van der Waals surface area contributed by atoms with Gasteiger partial charge in [0.1, 0.15) is 5.65 Å². The van der Waals surface area contributed by atoms with Crippen molar-refractivity contribution in [2.75, 3.05) is 38.1 Å². The number of hydrogen-bond acceptors (Lipinski definition) is 5. The summed E-state index contributed by atoms with van der Waals surface area (Å²) in [6.07, 6.45) is 3.99. The second-order valence-electron chi connectivity index (χ2n) is 7.66. The third-order valence-electron chi connectivity index (χ3n) is 5.73. The first-order chi connectivity index (χ1) is 13.6. The molecule has 0 amide bonds. The van der Waals surface area contributed by atoms with Gasteiger partial charge in [-0.25, -0.2) is 4.98 Å². The van der Waals surface area contributed by atoms with Crippen LogP contribution in [-0.4, -0.2) is 58.8 Å². The number of H-pyrrole nitrogens is 1. The van der Waals surface area contributed by atoms with E-state index in [1.165, 1.54) is 16.7 Å². The predicted molar refractivity (Wildman–Crippen MR) is 115 cm³/mol. The van der Waals surface area contributed by atoms with E-state index < -0.39 is 0 Å². The number of rotatable bonds is 3. The predicted octanol–water partition coefficient (Wildman–Crippen LogP) is 3.58. The molecule has 1 aromatic carbocycles. The summed E-state index contributed by atoms with van der Waals surface area (Å²) in [5, 5.41) is 1.06. The Labute approximate surface area is 164 Å². The van der Waals surface area contributed by atoms with Gasteiger partial charge in [-0.05, 0) is 38.1 Å². The summed E-state index contributed by atoms with van der Waals surface area (Å²) in [4.78, 5) is 21.8. The van der Waals surface area contributed by atoms with E-state index in [9.17, 15) is 0 Å². The molecular weight excluding hydrogens is 348 g/mol. The highest BCUT2D eigenvalue weighted by atomic mass is 15.3. The molecule has 0 unspecified atom stereocenters. The third-order valence-corrected chi connectivity index (χ3v) is 5.73. The molecule has 28 heavy (non-hydrogen) atoms. The van der Waals surface area contributed by atoms with Crippen LogP contribution in [0.15, 0.2) is 47.3 Å². The first kappa shape index (κ1) is 17.1. The number of aromatic amines is 1. The Morgan fingerprint density at radius 3 is 2.57 bits per heavy atom. The van der Waals surface area contributed by atoms with Gasteiger partial charge in [0, 0.05) is 66.5 Å². The van der Waals surface area contributed by atoms with Crippen LogP contribution in [0.4, 0.5) is 5.95 Å². The molecule has 1 fully saturated rings. The molecule has 3 aromatic rings. The molecule has 0 bridgehead atoms. The van der Waals surface area contributed by atoms with Gasteiger partial charge in [-0.15, -0.1) is 0 Å². The van der Waals surface area contributed by atoms with Crippen LogP contribution in [0.3, 0.4) is 0 Å². The zero-order valence-electron chi connectivity index (χ0n) is 16.5. The Balaban J connectivity index is 1.48. The standard InChI is InChI=1S/C22H24N6/c1-14-20(15(2)25-14)17-6-4-5-16(11-17)18-12-23-21-19(18)13-24-22(26-21)28-9-7-27(3)8-10-28/h4-6,11-13H,7-10H2,1-3H3,(H,23,24,26). The highest BCUT2D eigenvalue weighted by Gasteiger charge is 2.19. The molecular formula is C22H24N6.